The molecule has 1 N–H and O–H groups in total. The number of carbonyl (C=O) groups is 1. The molecule has 4 rings (SSSR count). The zero-order valence-electron chi connectivity index (χ0n) is 18.6. The number of hydrogen-bond donors (Lipinski definition) is 1. The highest BCUT2D eigenvalue weighted by atomic mass is 19.3. The van der Waals surface area contributed by atoms with E-state index in [1.165, 1.54) is 6.07 Å². The van der Waals surface area contributed by atoms with Crippen LogP contribution in [0.3, 0.4) is 0 Å². The van der Waals surface area contributed by atoms with Crippen LogP contribution in [0.4, 0.5) is 20.3 Å². The molecule has 1 aliphatic rings. The number of carbonyl (C=O) groups excluding carboxylic acids is 1. The van der Waals surface area contributed by atoms with Gasteiger partial charge in [0.25, 0.3) is 0 Å². The van der Waals surface area contributed by atoms with Crippen molar-refractivity contribution < 1.29 is 18.3 Å². The van der Waals surface area contributed by atoms with Gasteiger partial charge in [-0.15, -0.1) is 5.10 Å². The Kier molecular flexibility index (Phi) is 6.22. The average molecular weight is 453 g/mol. The molecule has 0 atom stereocenters. The summed E-state index contributed by atoms with van der Waals surface area (Å²) in [6, 6.07) is 14.6. The summed E-state index contributed by atoms with van der Waals surface area (Å²) >= 11 is 0. The molecule has 33 heavy (non-hydrogen) atoms. The second kappa shape index (κ2) is 9.09. The lowest BCUT2D eigenvalue weighted by Gasteiger charge is -2.50. The Labute approximate surface area is 190 Å². The van der Waals surface area contributed by atoms with E-state index in [1.54, 1.807) is 25.3 Å². The quantitative estimate of drug-likeness (QED) is 0.575. The predicted octanol–water partition coefficient (Wildman–Crippen LogP) is 4.30. The molecule has 2 aromatic heterocycles. The molecule has 1 aliphatic heterocycles. The van der Waals surface area contributed by atoms with Crippen LogP contribution in [0, 0.1) is 6.92 Å². The van der Waals surface area contributed by atoms with E-state index in [1.807, 2.05) is 35.2 Å². The van der Waals surface area contributed by atoms with Gasteiger partial charge in [-0.05, 0) is 48.2 Å². The minimum atomic E-state index is -3.05. The van der Waals surface area contributed by atoms with Gasteiger partial charge in [0.05, 0.1) is 0 Å². The maximum absolute atomic E-state index is 13.7. The molecule has 9 heteroatoms. The van der Waals surface area contributed by atoms with Crippen molar-refractivity contribution in [3.05, 3.63) is 71.5 Å². The van der Waals surface area contributed by atoms with E-state index >= 15 is 0 Å². The Morgan fingerprint density at radius 1 is 1.12 bits per heavy atom. The number of rotatable bonds is 7. The van der Waals surface area contributed by atoms with Gasteiger partial charge >= 0.3 is 6.61 Å². The Morgan fingerprint density at radius 3 is 2.55 bits per heavy atom. The monoisotopic (exact) mass is 453 g/mol. The Hall–Kier alpha value is -3.62. The number of aryl methyl sites for hydroxylation is 1. The molecule has 0 bridgehead atoms. The third-order valence-corrected chi connectivity index (χ3v) is 5.79. The van der Waals surface area contributed by atoms with E-state index in [4.69, 9.17) is 0 Å². The molecule has 0 spiro atoms. The fraction of sp³-hybridized carbons (Fsp3) is 0.333. The molecule has 1 amide bonds. The highest BCUT2D eigenvalue weighted by molar-refractivity contribution is 6.02. The van der Waals surface area contributed by atoms with Gasteiger partial charge in [0.1, 0.15) is 11.1 Å². The second-order valence-electron chi connectivity index (χ2n) is 8.40. The lowest BCUT2D eigenvalue weighted by molar-refractivity contribution is -0.122. The molecule has 0 unspecified atom stereocenters. The van der Waals surface area contributed by atoms with Gasteiger partial charge in [-0.1, -0.05) is 38.1 Å². The van der Waals surface area contributed by atoms with Gasteiger partial charge in [-0.3, -0.25) is 4.79 Å². The van der Waals surface area contributed by atoms with Gasteiger partial charge in [0.2, 0.25) is 11.8 Å². The Balaban J connectivity index is 1.71. The summed E-state index contributed by atoms with van der Waals surface area (Å²) in [4.78, 5) is 19.7. The smallest absolute Gasteiger partial charge is 0.388 e. The molecule has 172 valence electrons. The molecule has 1 saturated heterocycles. The SMILES string of the molecule is Cc1ccc(NC(=O)C2(c3ccccc3C(C)C)CN(c3cccnn3)C2)c(OC(F)F)n1. The van der Waals surface area contributed by atoms with E-state index in [-0.39, 0.29) is 23.4 Å². The lowest BCUT2D eigenvalue weighted by Crippen LogP contribution is -2.65. The van der Waals surface area contributed by atoms with Crippen LogP contribution in [-0.2, 0) is 10.2 Å². The number of anilines is 2. The molecule has 0 radical (unpaired) electrons. The number of halogens is 2. The summed E-state index contributed by atoms with van der Waals surface area (Å²) in [5.74, 6) is 0.230. The molecule has 3 heterocycles. The normalized spacial score (nSPS) is 14.8. The standard InChI is InChI=1S/C24H25F2N5O2/c1-15(2)17-7-4-5-8-18(17)24(13-31(14-24)20-9-6-12-27-30-20)22(32)29-19-11-10-16(3)28-21(19)33-23(25)26/h4-12,15,23H,13-14H2,1-3H3,(H,29,32). The van der Waals surface area contributed by atoms with E-state index in [0.717, 1.165) is 11.1 Å². The van der Waals surface area contributed by atoms with Gasteiger partial charge in [-0.25, -0.2) is 4.98 Å². The van der Waals surface area contributed by atoms with Crippen LogP contribution in [0.5, 0.6) is 5.88 Å². The predicted molar refractivity (Wildman–Crippen MR) is 121 cm³/mol. The third-order valence-electron chi connectivity index (χ3n) is 5.79. The van der Waals surface area contributed by atoms with E-state index in [0.29, 0.717) is 24.6 Å². The zero-order chi connectivity index (χ0) is 23.6. The van der Waals surface area contributed by atoms with Crippen molar-refractivity contribution in [2.45, 2.75) is 38.7 Å². The number of amides is 1. The highest BCUT2D eigenvalue weighted by Crippen LogP contribution is 2.41. The van der Waals surface area contributed by atoms with Gasteiger partial charge in [0, 0.05) is 25.0 Å². The second-order valence-corrected chi connectivity index (χ2v) is 8.40. The molecule has 0 aliphatic carbocycles. The summed E-state index contributed by atoms with van der Waals surface area (Å²) in [6.07, 6.45) is 1.59. The summed E-state index contributed by atoms with van der Waals surface area (Å²) in [7, 11) is 0. The number of benzene rings is 1. The van der Waals surface area contributed by atoms with Crippen molar-refractivity contribution in [3.8, 4) is 5.88 Å². The van der Waals surface area contributed by atoms with E-state index in [2.05, 4.69) is 39.1 Å². The van der Waals surface area contributed by atoms with Gasteiger partial charge < -0.3 is 15.0 Å². The van der Waals surface area contributed by atoms with Crippen LogP contribution >= 0.6 is 0 Å². The maximum Gasteiger partial charge on any atom is 0.388 e. The van der Waals surface area contributed by atoms with Crippen molar-refractivity contribution in [1.29, 1.82) is 0 Å². The Morgan fingerprint density at radius 2 is 1.88 bits per heavy atom. The van der Waals surface area contributed by atoms with Gasteiger partial charge in [0.15, 0.2) is 5.82 Å². The van der Waals surface area contributed by atoms with Crippen LogP contribution in [0.1, 0.15) is 36.6 Å². The number of nitrogens with zero attached hydrogens (tertiary/aromatic N) is 4. The molecular weight excluding hydrogens is 428 g/mol. The largest absolute Gasteiger partial charge is 0.415 e. The first-order chi connectivity index (χ1) is 15.8. The van der Waals surface area contributed by atoms with Crippen LogP contribution < -0.4 is 15.0 Å². The zero-order valence-corrected chi connectivity index (χ0v) is 18.6. The molecule has 0 saturated carbocycles. The highest BCUT2D eigenvalue weighted by Gasteiger charge is 2.52. The number of hydrogen-bond acceptors (Lipinski definition) is 6. The van der Waals surface area contributed by atoms with Crippen LogP contribution in [0.25, 0.3) is 0 Å². The lowest BCUT2D eigenvalue weighted by atomic mass is 9.69. The number of ether oxygens (including phenoxy) is 1. The molecule has 1 fully saturated rings. The first-order valence-corrected chi connectivity index (χ1v) is 10.7. The molecule has 7 nitrogen and oxygen atoms in total. The molecule has 3 aromatic rings. The summed E-state index contributed by atoms with van der Waals surface area (Å²) < 4.78 is 30.4. The van der Waals surface area contributed by atoms with Gasteiger partial charge in [-0.2, -0.15) is 13.9 Å². The van der Waals surface area contributed by atoms with E-state index < -0.39 is 12.0 Å². The minimum Gasteiger partial charge on any atom is -0.415 e. The van der Waals surface area contributed by atoms with Crippen molar-refractivity contribution in [2.75, 3.05) is 23.3 Å². The van der Waals surface area contributed by atoms with Crippen LogP contribution in [0.2, 0.25) is 0 Å². The first-order valence-electron chi connectivity index (χ1n) is 10.7. The summed E-state index contributed by atoms with van der Waals surface area (Å²) in [5, 5.41) is 10.9. The maximum atomic E-state index is 13.7. The van der Waals surface area contributed by atoms with Crippen molar-refractivity contribution >= 4 is 17.4 Å². The number of alkyl halides is 2. The first kappa shape index (κ1) is 22.6. The number of nitrogens with one attached hydrogen (secondary N) is 1. The van der Waals surface area contributed by atoms with Crippen LogP contribution in [0.15, 0.2) is 54.7 Å². The average Bonchev–Trinajstić information content (AvgIpc) is 2.75. The Bertz CT molecular complexity index is 1130. The summed E-state index contributed by atoms with van der Waals surface area (Å²) in [6.45, 7) is 3.48. The minimum absolute atomic E-state index is 0.102. The van der Waals surface area contributed by atoms with E-state index in [9.17, 15) is 13.6 Å². The molecular formula is C24H25F2N5O2. The van der Waals surface area contributed by atoms with Crippen molar-refractivity contribution in [1.82, 2.24) is 15.2 Å². The number of aromatic nitrogens is 3. The summed E-state index contributed by atoms with van der Waals surface area (Å²) in [5.41, 5.74) is 1.64. The van der Waals surface area contributed by atoms with Crippen molar-refractivity contribution in [3.63, 3.8) is 0 Å². The molecule has 1 aromatic carbocycles. The fourth-order valence-electron chi connectivity index (χ4n) is 4.15. The number of pyridine rings is 1. The third kappa shape index (κ3) is 4.48. The topological polar surface area (TPSA) is 80.2 Å². The fourth-order valence-corrected chi connectivity index (χ4v) is 4.15. The van der Waals surface area contributed by atoms with Crippen LogP contribution in [-0.4, -0.2) is 40.8 Å². The van der Waals surface area contributed by atoms with Crippen molar-refractivity contribution in [2.24, 2.45) is 0 Å².